The minimum atomic E-state index is -0.445. The third kappa shape index (κ3) is 2.40. The van der Waals surface area contributed by atoms with Gasteiger partial charge in [-0.05, 0) is 41.5 Å². The van der Waals surface area contributed by atoms with Gasteiger partial charge in [-0.15, -0.1) is 0 Å². The molecule has 0 bridgehead atoms. The lowest BCUT2D eigenvalue weighted by molar-refractivity contribution is 0.405. The van der Waals surface area contributed by atoms with Crippen LogP contribution in [0, 0.1) is 5.95 Å². The van der Waals surface area contributed by atoms with E-state index in [1.54, 1.807) is 6.07 Å². The molecule has 1 unspecified atom stereocenters. The Bertz CT molecular complexity index is 622. The van der Waals surface area contributed by atoms with E-state index in [-0.39, 0.29) is 11.5 Å². The second-order valence-corrected chi connectivity index (χ2v) is 6.05. The van der Waals surface area contributed by atoms with Crippen LogP contribution in [0.3, 0.4) is 0 Å². The molecule has 3 rings (SSSR count). The molecule has 0 aliphatic heterocycles. The summed E-state index contributed by atoms with van der Waals surface area (Å²) in [5, 5.41) is 3.36. The van der Waals surface area contributed by atoms with Crippen LogP contribution < -0.4 is 5.32 Å². The molecule has 1 heterocycles. The highest BCUT2D eigenvalue weighted by Crippen LogP contribution is 2.42. The molecule has 1 aliphatic rings. The van der Waals surface area contributed by atoms with Crippen LogP contribution in [0.4, 0.5) is 10.2 Å². The number of nitrogens with one attached hydrogen (secondary N) is 1. The van der Waals surface area contributed by atoms with Gasteiger partial charge in [0.25, 0.3) is 0 Å². The van der Waals surface area contributed by atoms with Gasteiger partial charge in [-0.2, -0.15) is 4.39 Å². The van der Waals surface area contributed by atoms with E-state index >= 15 is 0 Å². The number of halogens is 1. The zero-order valence-electron chi connectivity index (χ0n) is 11.9. The maximum Gasteiger partial charge on any atom is 0.214 e. The first-order valence-electron chi connectivity index (χ1n) is 7.05. The number of anilines is 1. The van der Waals surface area contributed by atoms with Gasteiger partial charge in [-0.3, -0.25) is 0 Å². The smallest absolute Gasteiger partial charge is 0.214 e. The second kappa shape index (κ2) is 4.89. The Balaban J connectivity index is 1.92. The highest BCUT2D eigenvalue weighted by atomic mass is 19.1. The van der Waals surface area contributed by atoms with E-state index in [0.717, 1.165) is 12.8 Å². The Morgan fingerprint density at radius 2 is 1.95 bits per heavy atom. The molecule has 2 aromatic rings. The van der Waals surface area contributed by atoms with E-state index < -0.39 is 5.95 Å². The van der Waals surface area contributed by atoms with E-state index in [9.17, 15) is 4.39 Å². The van der Waals surface area contributed by atoms with Crippen LogP contribution >= 0.6 is 0 Å². The average molecular weight is 270 g/mol. The molecular formula is C17H19FN2. The zero-order chi connectivity index (χ0) is 14.2. The highest BCUT2D eigenvalue weighted by molar-refractivity contribution is 5.44. The Hall–Kier alpha value is -1.90. The standard InChI is InChI=1S/C17H19FN2/c1-17(2)11-10-14(12-6-3-4-7-13(12)17)19-16-9-5-8-15(18)20-16/h3-9,14H,10-11H2,1-2H3,(H,19,20). The fraction of sp³-hybridized carbons (Fsp3) is 0.353. The van der Waals surface area contributed by atoms with Crippen molar-refractivity contribution in [1.82, 2.24) is 4.98 Å². The van der Waals surface area contributed by atoms with E-state index in [1.807, 2.05) is 6.07 Å². The van der Waals surface area contributed by atoms with Crippen LogP contribution in [0.2, 0.25) is 0 Å². The summed E-state index contributed by atoms with van der Waals surface area (Å²) in [4.78, 5) is 3.90. The van der Waals surface area contributed by atoms with Crippen LogP contribution in [-0.2, 0) is 5.41 Å². The van der Waals surface area contributed by atoms with E-state index in [0.29, 0.717) is 5.82 Å². The van der Waals surface area contributed by atoms with E-state index in [1.165, 1.54) is 17.2 Å². The molecule has 1 N–H and O–H groups in total. The summed E-state index contributed by atoms with van der Waals surface area (Å²) in [6, 6.07) is 13.6. The number of pyridine rings is 1. The van der Waals surface area contributed by atoms with Crippen LogP contribution in [-0.4, -0.2) is 4.98 Å². The number of hydrogen-bond acceptors (Lipinski definition) is 2. The van der Waals surface area contributed by atoms with Gasteiger partial charge >= 0.3 is 0 Å². The lowest BCUT2D eigenvalue weighted by Gasteiger charge is -2.37. The Morgan fingerprint density at radius 3 is 2.75 bits per heavy atom. The largest absolute Gasteiger partial charge is 0.363 e. The molecule has 20 heavy (non-hydrogen) atoms. The van der Waals surface area contributed by atoms with Crippen molar-refractivity contribution in [3.63, 3.8) is 0 Å². The van der Waals surface area contributed by atoms with Gasteiger partial charge in [0, 0.05) is 0 Å². The molecule has 0 radical (unpaired) electrons. The molecule has 3 heteroatoms. The lowest BCUT2D eigenvalue weighted by Crippen LogP contribution is -2.29. The van der Waals surface area contributed by atoms with Crippen molar-refractivity contribution in [3.8, 4) is 0 Å². The SMILES string of the molecule is CC1(C)CCC(Nc2cccc(F)n2)c2ccccc21. The van der Waals surface area contributed by atoms with Gasteiger partial charge in [0.15, 0.2) is 0 Å². The average Bonchev–Trinajstić information content (AvgIpc) is 2.43. The third-order valence-corrected chi connectivity index (χ3v) is 4.16. The molecule has 0 amide bonds. The molecule has 0 saturated carbocycles. The van der Waals surface area contributed by atoms with E-state index in [2.05, 4.69) is 48.4 Å². The fourth-order valence-electron chi connectivity index (χ4n) is 3.03. The molecule has 2 nitrogen and oxygen atoms in total. The quantitative estimate of drug-likeness (QED) is 0.816. The number of fused-ring (bicyclic) bond motifs is 1. The summed E-state index contributed by atoms with van der Waals surface area (Å²) >= 11 is 0. The summed E-state index contributed by atoms with van der Waals surface area (Å²) in [6.07, 6.45) is 2.14. The topological polar surface area (TPSA) is 24.9 Å². The van der Waals surface area contributed by atoms with Crippen molar-refractivity contribution in [3.05, 3.63) is 59.5 Å². The van der Waals surface area contributed by atoms with Crippen LogP contribution in [0.25, 0.3) is 0 Å². The molecule has 1 aliphatic carbocycles. The van der Waals surface area contributed by atoms with Crippen molar-refractivity contribution in [2.24, 2.45) is 0 Å². The molecule has 1 aromatic carbocycles. The van der Waals surface area contributed by atoms with Gasteiger partial charge in [-0.1, -0.05) is 44.2 Å². The minimum Gasteiger partial charge on any atom is -0.363 e. The van der Waals surface area contributed by atoms with Crippen molar-refractivity contribution in [2.45, 2.75) is 38.1 Å². The molecule has 104 valence electrons. The summed E-state index contributed by atoms with van der Waals surface area (Å²) in [5.41, 5.74) is 2.87. The molecule has 1 atom stereocenters. The zero-order valence-corrected chi connectivity index (χ0v) is 11.9. The molecular weight excluding hydrogens is 251 g/mol. The number of aromatic nitrogens is 1. The number of rotatable bonds is 2. The van der Waals surface area contributed by atoms with Crippen molar-refractivity contribution >= 4 is 5.82 Å². The third-order valence-electron chi connectivity index (χ3n) is 4.16. The number of benzene rings is 1. The first-order valence-corrected chi connectivity index (χ1v) is 7.05. The van der Waals surface area contributed by atoms with Crippen molar-refractivity contribution in [2.75, 3.05) is 5.32 Å². The lowest BCUT2D eigenvalue weighted by atomic mass is 9.71. The number of nitrogens with zero attached hydrogens (tertiary/aromatic N) is 1. The predicted molar refractivity (Wildman–Crippen MR) is 79.3 cm³/mol. The van der Waals surface area contributed by atoms with Gasteiger partial charge < -0.3 is 5.32 Å². The predicted octanol–water partition coefficient (Wildman–Crippen LogP) is 4.45. The Labute approximate surface area is 119 Å². The Morgan fingerprint density at radius 1 is 1.15 bits per heavy atom. The Kier molecular flexibility index (Phi) is 3.20. The molecule has 0 spiro atoms. The number of hydrogen-bond donors (Lipinski definition) is 1. The van der Waals surface area contributed by atoms with E-state index in [4.69, 9.17) is 0 Å². The monoisotopic (exact) mass is 270 g/mol. The second-order valence-electron chi connectivity index (χ2n) is 6.05. The van der Waals surface area contributed by atoms with Gasteiger partial charge in [0.05, 0.1) is 6.04 Å². The summed E-state index contributed by atoms with van der Waals surface area (Å²) in [7, 11) is 0. The first-order chi connectivity index (χ1) is 9.56. The molecule has 1 aromatic heterocycles. The molecule has 0 fully saturated rings. The summed E-state index contributed by atoms with van der Waals surface area (Å²) < 4.78 is 13.2. The summed E-state index contributed by atoms with van der Waals surface area (Å²) in [6.45, 7) is 4.56. The van der Waals surface area contributed by atoms with Crippen LogP contribution in [0.15, 0.2) is 42.5 Å². The summed E-state index contributed by atoms with van der Waals surface area (Å²) in [5.74, 6) is 0.156. The normalized spacial score (nSPS) is 20.2. The van der Waals surface area contributed by atoms with Gasteiger partial charge in [-0.25, -0.2) is 4.98 Å². The first kappa shape index (κ1) is 13.1. The molecule has 0 saturated heterocycles. The van der Waals surface area contributed by atoms with Gasteiger partial charge in [0.1, 0.15) is 5.82 Å². The minimum absolute atomic E-state index is 0.199. The highest BCUT2D eigenvalue weighted by Gasteiger charge is 2.32. The van der Waals surface area contributed by atoms with Crippen molar-refractivity contribution < 1.29 is 4.39 Å². The van der Waals surface area contributed by atoms with Crippen LogP contribution in [0.1, 0.15) is 43.9 Å². The van der Waals surface area contributed by atoms with Crippen LogP contribution in [0.5, 0.6) is 0 Å². The fourth-order valence-corrected chi connectivity index (χ4v) is 3.03. The maximum absolute atomic E-state index is 13.2. The van der Waals surface area contributed by atoms with Crippen molar-refractivity contribution in [1.29, 1.82) is 0 Å². The maximum atomic E-state index is 13.2. The van der Waals surface area contributed by atoms with Gasteiger partial charge in [0.2, 0.25) is 5.95 Å².